The molecule has 1 aromatic rings. The predicted octanol–water partition coefficient (Wildman–Crippen LogP) is 2.40. The van der Waals surface area contributed by atoms with Gasteiger partial charge in [0.15, 0.2) is 0 Å². The molecule has 72 valence electrons. The molecule has 0 unspecified atom stereocenters. The molecule has 1 aromatic carbocycles. The molecule has 0 heterocycles. The standard InChI is InChI=1S/C10H12N4/c1-9(12-14-13-11)7-8-10-5-3-2-4-6-10/h2-8H,1H3,(H2,11,14). The second-order valence-corrected chi connectivity index (χ2v) is 2.69. The van der Waals surface area contributed by atoms with Crippen LogP contribution in [0.3, 0.4) is 0 Å². The van der Waals surface area contributed by atoms with E-state index in [2.05, 4.69) is 15.5 Å². The van der Waals surface area contributed by atoms with Gasteiger partial charge >= 0.3 is 0 Å². The number of allylic oxidation sites excluding steroid dienone is 1. The van der Waals surface area contributed by atoms with Crippen LogP contribution < -0.4 is 5.84 Å². The molecule has 0 spiro atoms. The monoisotopic (exact) mass is 188 g/mol. The van der Waals surface area contributed by atoms with Gasteiger partial charge in [0.05, 0.1) is 5.71 Å². The molecule has 4 heteroatoms. The number of hydrogen-bond acceptors (Lipinski definition) is 2. The topological polar surface area (TPSA) is 63.1 Å². The summed E-state index contributed by atoms with van der Waals surface area (Å²) in [6, 6.07) is 9.95. The van der Waals surface area contributed by atoms with Gasteiger partial charge in [0.25, 0.3) is 0 Å². The van der Waals surface area contributed by atoms with Crippen molar-refractivity contribution in [2.45, 2.75) is 6.92 Å². The summed E-state index contributed by atoms with van der Waals surface area (Å²) in [5.74, 6) is 4.81. The lowest BCUT2D eigenvalue weighted by molar-refractivity contribution is 0.956. The highest BCUT2D eigenvalue weighted by Crippen LogP contribution is 2.01. The van der Waals surface area contributed by atoms with E-state index in [4.69, 9.17) is 5.84 Å². The Hall–Kier alpha value is -1.97. The predicted molar refractivity (Wildman–Crippen MR) is 57.6 cm³/mol. The van der Waals surface area contributed by atoms with Crippen molar-refractivity contribution < 1.29 is 0 Å². The molecule has 0 amide bonds. The van der Waals surface area contributed by atoms with Gasteiger partial charge in [-0.15, -0.1) is 5.10 Å². The molecule has 1 rings (SSSR count). The Bertz CT molecular complexity index is 352. The van der Waals surface area contributed by atoms with Crippen molar-refractivity contribution in [3.8, 4) is 0 Å². The molecular formula is C10H12N4. The molecule has 0 saturated heterocycles. The zero-order valence-electron chi connectivity index (χ0n) is 7.96. The SMILES string of the molecule is CC(C=Cc1ccccc1)=NN=NN. The summed E-state index contributed by atoms with van der Waals surface area (Å²) >= 11 is 0. The summed E-state index contributed by atoms with van der Waals surface area (Å²) in [6.07, 6.45) is 3.80. The van der Waals surface area contributed by atoms with E-state index in [0.29, 0.717) is 0 Å². The second kappa shape index (κ2) is 5.64. The number of nitrogens with two attached hydrogens (primary N) is 1. The molecular weight excluding hydrogens is 176 g/mol. The van der Waals surface area contributed by atoms with Crippen LogP contribution in [0.15, 0.2) is 52.0 Å². The van der Waals surface area contributed by atoms with Gasteiger partial charge in [-0.2, -0.15) is 0 Å². The highest BCUT2D eigenvalue weighted by molar-refractivity contribution is 5.96. The fraction of sp³-hybridized carbons (Fsp3) is 0.100. The number of rotatable bonds is 3. The minimum absolute atomic E-state index is 0.753. The van der Waals surface area contributed by atoms with Crippen LogP contribution in [0.5, 0.6) is 0 Å². The first-order valence-electron chi connectivity index (χ1n) is 4.20. The Morgan fingerprint density at radius 3 is 2.64 bits per heavy atom. The van der Waals surface area contributed by atoms with Crippen LogP contribution in [-0.2, 0) is 0 Å². The summed E-state index contributed by atoms with van der Waals surface area (Å²) < 4.78 is 0. The van der Waals surface area contributed by atoms with Crippen LogP contribution in [0.4, 0.5) is 0 Å². The van der Waals surface area contributed by atoms with Gasteiger partial charge in [0.1, 0.15) is 0 Å². The van der Waals surface area contributed by atoms with E-state index in [0.717, 1.165) is 11.3 Å². The maximum absolute atomic E-state index is 4.81. The molecule has 0 fully saturated rings. The first kappa shape index (κ1) is 10.1. The minimum atomic E-state index is 0.753. The summed E-state index contributed by atoms with van der Waals surface area (Å²) in [6.45, 7) is 1.83. The Balaban J connectivity index is 2.65. The van der Waals surface area contributed by atoms with Crippen LogP contribution in [0, 0.1) is 0 Å². The van der Waals surface area contributed by atoms with Crippen LogP contribution in [0.1, 0.15) is 12.5 Å². The van der Waals surface area contributed by atoms with Crippen molar-refractivity contribution in [3.05, 3.63) is 42.0 Å². The van der Waals surface area contributed by atoms with Crippen molar-refractivity contribution >= 4 is 11.8 Å². The zero-order valence-corrected chi connectivity index (χ0v) is 7.96. The first-order chi connectivity index (χ1) is 6.83. The highest BCUT2D eigenvalue weighted by atomic mass is 15.5. The Morgan fingerprint density at radius 1 is 1.29 bits per heavy atom. The molecule has 4 nitrogen and oxygen atoms in total. The van der Waals surface area contributed by atoms with E-state index in [1.165, 1.54) is 0 Å². The quantitative estimate of drug-likeness (QED) is 0.336. The molecule has 0 saturated carbocycles. The van der Waals surface area contributed by atoms with Gasteiger partial charge in [-0.3, -0.25) is 0 Å². The number of benzene rings is 1. The van der Waals surface area contributed by atoms with Gasteiger partial charge < -0.3 is 5.84 Å². The molecule has 0 bridgehead atoms. The van der Waals surface area contributed by atoms with Crippen LogP contribution in [0.25, 0.3) is 6.08 Å². The van der Waals surface area contributed by atoms with Gasteiger partial charge in [0.2, 0.25) is 0 Å². The summed E-state index contributed by atoms with van der Waals surface area (Å²) in [7, 11) is 0. The third-order valence-corrected chi connectivity index (χ3v) is 1.57. The third kappa shape index (κ3) is 3.62. The fourth-order valence-corrected chi connectivity index (χ4v) is 0.911. The third-order valence-electron chi connectivity index (χ3n) is 1.57. The van der Waals surface area contributed by atoms with E-state index < -0.39 is 0 Å². The lowest BCUT2D eigenvalue weighted by Crippen LogP contribution is -1.82. The molecule has 0 radical (unpaired) electrons. The second-order valence-electron chi connectivity index (χ2n) is 2.69. The zero-order chi connectivity index (χ0) is 10.2. The van der Waals surface area contributed by atoms with E-state index in [9.17, 15) is 0 Å². The average molecular weight is 188 g/mol. The number of nitrogens with zero attached hydrogens (tertiary/aromatic N) is 3. The van der Waals surface area contributed by atoms with Crippen molar-refractivity contribution in [1.29, 1.82) is 0 Å². The largest absolute Gasteiger partial charge is 0.303 e. The molecule has 14 heavy (non-hydrogen) atoms. The first-order valence-corrected chi connectivity index (χ1v) is 4.20. The van der Waals surface area contributed by atoms with Gasteiger partial charge in [0, 0.05) is 0 Å². The minimum Gasteiger partial charge on any atom is -0.303 e. The van der Waals surface area contributed by atoms with E-state index in [1.54, 1.807) is 0 Å². The van der Waals surface area contributed by atoms with Gasteiger partial charge in [-0.05, 0) is 23.8 Å². The number of hydrogen-bond donors (Lipinski definition) is 1. The molecule has 0 aromatic heterocycles. The maximum atomic E-state index is 4.81. The normalized spacial score (nSPS) is 12.8. The summed E-state index contributed by atoms with van der Waals surface area (Å²) in [4.78, 5) is 0. The Labute approximate surface area is 82.8 Å². The highest BCUT2D eigenvalue weighted by Gasteiger charge is 1.84. The average Bonchev–Trinajstić information content (AvgIpc) is 2.25. The van der Waals surface area contributed by atoms with Crippen LogP contribution >= 0.6 is 0 Å². The van der Waals surface area contributed by atoms with Gasteiger partial charge in [-0.1, -0.05) is 41.6 Å². The van der Waals surface area contributed by atoms with E-state index in [-0.39, 0.29) is 0 Å². The Kier molecular flexibility index (Phi) is 4.07. The van der Waals surface area contributed by atoms with Crippen LogP contribution in [0.2, 0.25) is 0 Å². The molecule has 2 N–H and O–H groups in total. The fourth-order valence-electron chi connectivity index (χ4n) is 0.911. The molecule has 0 aliphatic heterocycles. The smallest absolute Gasteiger partial charge is 0.0618 e. The summed E-state index contributed by atoms with van der Waals surface area (Å²) in [5, 5.41) is 10.1. The van der Waals surface area contributed by atoms with Crippen LogP contribution in [-0.4, -0.2) is 5.71 Å². The van der Waals surface area contributed by atoms with Gasteiger partial charge in [-0.25, -0.2) is 0 Å². The van der Waals surface area contributed by atoms with E-state index in [1.807, 2.05) is 49.4 Å². The van der Waals surface area contributed by atoms with Crippen molar-refractivity contribution in [2.24, 2.45) is 21.4 Å². The maximum Gasteiger partial charge on any atom is 0.0618 e. The molecule has 0 aliphatic carbocycles. The Morgan fingerprint density at radius 2 is 2.00 bits per heavy atom. The van der Waals surface area contributed by atoms with Crippen molar-refractivity contribution in [3.63, 3.8) is 0 Å². The van der Waals surface area contributed by atoms with E-state index >= 15 is 0 Å². The molecule has 0 atom stereocenters. The molecule has 0 aliphatic rings. The summed E-state index contributed by atoms with van der Waals surface area (Å²) in [5.41, 5.74) is 1.87. The lowest BCUT2D eigenvalue weighted by atomic mass is 10.2. The van der Waals surface area contributed by atoms with Crippen molar-refractivity contribution in [1.82, 2.24) is 0 Å². The van der Waals surface area contributed by atoms with Crippen molar-refractivity contribution in [2.75, 3.05) is 0 Å². The lowest BCUT2D eigenvalue weighted by Gasteiger charge is -1.90.